The molecule has 1 aliphatic carbocycles. The maximum Gasteiger partial charge on any atom is 0.339 e. The number of rotatable bonds is 1. The van der Waals surface area contributed by atoms with Crippen LogP contribution in [0.1, 0.15) is 47.3 Å². The van der Waals surface area contributed by atoms with E-state index >= 15 is 0 Å². The van der Waals surface area contributed by atoms with Crippen molar-refractivity contribution in [1.29, 1.82) is 0 Å². The van der Waals surface area contributed by atoms with Crippen molar-refractivity contribution in [3.8, 4) is 0 Å². The first-order valence-corrected chi connectivity index (χ1v) is 9.91. The van der Waals surface area contributed by atoms with E-state index in [4.69, 9.17) is 4.74 Å². The van der Waals surface area contributed by atoms with Crippen LogP contribution >= 0.6 is 0 Å². The van der Waals surface area contributed by atoms with E-state index in [9.17, 15) is 9.59 Å². The normalized spacial score (nSPS) is 25.7. The minimum Gasteiger partial charge on any atom is -0.450 e. The monoisotopic (exact) mass is 373 g/mol. The van der Waals surface area contributed by atoms with Gasteiger partial charge in [-0.3, -0.25) is 4.79 Å². The third kappa shape index (κ3) is 2.30. The zero-order chi connectivity index (χ0) is 19.5. The Bertz CT molecular complexity index is 1040. The lowest BCUT2D eigenvalue weighted by molar-refractivity contribution is -0.135. The number of hydrogen-bond acceptors (Lipinski definition) is 3. The fourth-order valence-electron chi connectivity index (χ4n) is 5.11. The highest BCUT2D eigenvalue weighted by Crippen LogP contribution is 2.47. The molecule has 2 atom stereocenters. The van der Waals surface area contributed by atoms with Crippen molar-refractivity contribution < 1.29 is 14.3 Å². The molecule has 1 spiro atoms. The fraction of sp³-hybridized carbons (Fsp3) is 0.333. The predicted molar refractivity (Wildman–Crippen MR) is 107 cm³/mol. The number of fused-ring (bicyclic) bond motifs is 3. The number of benzene rings is 2. The molecule has 2 unspecified atom stereocenters. The number of likely N-dealkylation sites (tertiary alicyclic amines) is 1. The maximum atomic E-state index is 13.3. The number of amides is 1. The molecule has 2 heterocycles. The van der Waals surface area contributed by atoms with Gasteiger partial charge in [-0.1, -0.05) is 49.4 Å². The molecule has 0 radical (unpaired) electrons. The molecule has 4 heteroatoms. The minimum atomic E-state index is -0.605. The Balaban J connectivity index is 1.40. The molecule has 4 nitrogen and oxygen atoms in total. The van der Waals surface area contributed by atoms with E-state index in [1.165, 1.54) is 11.1 Å². The van der Waals surface area contributed by atoms with Crippen LogP contribution < -0.4 is 0 Å². The molecule has 28 heavy (non-hydrogen) atoms. The number of ether oxygens (including phenoxy) is 1. The molecule has 0 bridgehead atoms. The van der Waals surface area contributed by atoms with Crippen molar-refractivity contribution in [2.45, 2.75) is 32.3 Å². The van der Waals surface area contributed by atoms with Crippen molar-refractivity contribution in [3.05, 3.63) is 76.4 Å². The van der Waals surface area contributed by atoms with Crippen LogP contribution in [0.15, 0.2) is 54.1 Å². The zero-order valence-corrected chi connectivity index (χ0v) is 16.2. The van der Waals surface area contributed by atoms with E-state index in [2.05, 4.69) is 19.1 Å². The third-order valence-electron chi connectivity index (χ3n) is 6.71. The highest BCUT2D eigenvalue weighted by atomic mass is 16.6. The average Bonchev–Trinajstić information content (AvgIpc) is 3.20. The van der Waals surface area contributed by atoms with Gasteiger partial charge in [-0.05, 0) is 29.7 Å². The highest BCUT2D eigenvalue weighted by molar-refractivity contribution is 6.04. The number of carbonyl (C=O) groups is 2. The maximum absolute atomic E-state index is 13.3. The molecular weight excluding hydrogens is 350 g/mol. The summed E-state index contributed by atoms with van der Waals surface area (Å²) in [5.41, 5.74) is 5.43. The first kappa shape index (κ1) is 17.2. The summed E-state index contributed by atoms with van der Waals surface area (Å²) in [6.45, 7) is 5.31. The number of hydrogen-bond donors (Lipinski definition) is 0. The third-order valence-corrected chi connectivity index (χ3v) is 6.71. The second kappa shape index (κ2) is 6.06. The molecule has 2 aromatic rings. The van der Waals surface area contributed by atoms with Gasteiger partial charge in [0.15, 0.2) is 0 Å². The number of allylic oxidation sites excluding steroid dienone is 1. The summed E-state index contributed by atoms with van der Waals surface area (Å²) in [7, 11) is 0. The standard InChI is InChI=1S/C24H23NO3/c1-15-14-25(22(26)20-13-17-7-3-4-8-18(17)16(20)2)12-11-24(15)21-10-6-5-9-19(21)23(27)28-24/h3-10,15H,11-14H2,1-2H3. The lowest BCUT2D eigenvalue weighted by atomic mass is 9.76. The second-order valence-electron chi connectivity index (χ2n) is 8.16. The summed E-state index contributed by atoms with van der Waals surface area (Å²) in [5.74, 6) is -0.0810. The Morgan fingerprint density at radius 3 is 2.57 bits per heavy atom. The highest BCUT2D eigenvalue weighted by Gasteiger charge is 2.52. The number of nitrogens with zero attached hydrogens (tertiary/aromatic N) is 1. The van der Waals surface area contributed by atoms with Gasteiger partial charge >= 0.3 is 5.97 Å². The van der Waals surface area contributed by atoms with Gasteiger partial charge in [-0.25, -0.2) is 4.79 Å². The summed E-state index contributed by atoms with van der Waals surface area (Å²) in [6.07, 6.45) is 1.34. The van der Waals surface area contributed by atoms with Crippen LogP contribution in [0.2, 0.25) is 0 Å². The largest absolute Gasteiger partial charge is 0.450 e. The van der Waals surface area contributed by atoms with Crippen LogP contribution in [0, 0.1) is 5.92 Å². The van der Waals surface area contributed by atoms with Crippen LogP contribution in [-0.2, 0) is 21.6 Å². The molecule has 2 aliphatic heterocycles. The summed E-state index contributed by atoms with van der Waals surface area (Å²) in [4.78, 5) is 27.6. The lowest BCUT2D eigenvalue weighted by Crippen LogP contribution is -2.51. The molecule has 0 aromatic heterocycles. The Kier molecular flexibility index (Phi) is 3.73. The average molecular weight is 373 g/mol. The van der Waals surface area contributed by atoms with Crippen LogP contribution in [0.3, 0.4) is 0 Å². The predicted octanol–water partition coefficient (Wildman–Crippen LogP) is 3.95. The van der Waals surface area contributed by atoms with E-state index in [0.717, 1.165) is 16.7 Å². The van der Waals surface area contributed by atoms with Crippen LogP contribution in [0.25, 0.3) is 5.57 Å². The van der Waals surface area contributed by atoms with E-state index < -0.39 is 5.60 Å². The van der Waals surface area contributed by atoms with Crippen LogP contribution in [0.4, 0.5) is 0 Å². The van der Waals surface area contributed by atoms with Gasteiger partial charge in [-0.15, -0.1) is 0 Å². The minimum absolute atomic E-state index is 0.0440. The zero-order valence-electron chi connectivity index (χ0n) is 16.2. The summed E-state index contributed by atoms with van der Waals surface area (Å²) >= 11 is 0. The molecule has 3 aliphatic rings. The van der Waals surface area contributed by atoms with Crippen LogP contribution in [0.5, 0.6) is 0 Å². The first-order chi connectivity index (χ1) is 13.5. The van der Waals surface area contributed by atoms with Gasteiger partial charge in [0.05, 0.1) is 5.56 Å². The van der Waals surface area contributed by atoms with E-state index in [1.54, 1.807) is 0 Å². The van der Waals surface area contributed by atoms with Gasteiger partial charge in [0.2, 0.25) is 5.91 Å². The van der Waals surface area contributed by atoms with Crippen molar-refractivity contribution in [1.82, 2.24) is 4.90 Å². The Hall–Kier alpha value is -2.88. The van der Waals surface area contributed by atoms with E-state index in [1.807, 2.05) is 48.2 Å². The second-order valence-corrected chi connectivity index (χ2v) is 8.16. The van der Waals surface area contributed by atoms with E-state index in [0.29, 0.717) is 31.5 Å². The molecule has 5 rings (SSSR count). The Labute approximate surface area is 164 Å². The van der Waals surface area contributed by atoms with Gasteiger partial charge in [0.1, 0.15) is 5.60 Å². The Morgan fingerprint density at radius 1 is 1.11 bits per heavy atom. The summed E-state index contributed by atoms with van der Waals surface area (Å²) in [5, 5.41) is 0. The Morgan fingerprint density at radius 2 is 1.82 bits per heavy atom. The van der Waals surface area contributed by atoms with Gasteiger partial charge in [-0.2, -0.15) is 0 Å². The van der Waals surface area contributed by atoms with Gasteiger partial charge in [0.25, 0.3) is 0 Å². The molecule has 2 aromatic carbocycles. The number of carbonyl (C=O) groups excluding carboxylic acids is 2. The van der Waals surface area contributed by atoms with Gasteiger partial charge in [0, 0.05) is 43.0 Å². The number of esters is 1. The molecule has 142 valence electrons. The van der Waals surface area contributed by atoms with Crippen LogP contribution in [-0.4, -0.2) is 29.9 Å². The van der Waals surface area contributed by atoms with E-state index in [-0.39, 0.29) is 17.8 Å². The summed E-state index contributed by atoms with van der Waals surface area (Å²) < 4.78 is 5.91. The number of piperidine rings is 1. The van der Waals surface area contributed by atoms with Crippen molar-refractivity contribution in [2.75, 3.05) is 13.1 Å². The smallest absolute Gasteiger partial charge is 0.339 e. The van der Waals surface area contributed by atoms with Crippen molar-refractivity contribution in [2.24, 2.45) is 5.92 Å². The van der Waals surface area contributed by atoms with Crippen molar-refractivity contribution in [3.63, 3.8) is 0 Å². The molecule has 0 saturated carbocycles. The molecule has 1 saturated heterocycles. The molecule has 1 amide bonds. The SMILES string of the molecule is CC1=C(C(=O)N2CCC3(OC(=O)c4ccccc43)C(C)C2)Cc2ccccc21. The summed E-state index contributed by atoms with van der Waals surface area (Å²) in [6, 6.07) is 15.9. The molecular formula is C24H23NO3. The molecule has 0 N–H and O–H groups in total. The molecule has 1 fully saturated rings. The van der Waals surface area contributed by atoms with Gasteiger partial charge < -0.3 is 9.64 Å². The lowest BCUT2D eigenvalue weighted by Gasteiger charge is -2.43. The fourth-order valence-corrected chi connectivity index (χ4v) is 5.11. The quantitative estimate of drug-likeness (QED) is 0.711. The van der Waals surface area contributed by atoms with Crippen molar-refractivity contribution >= 4 is 17.4 Å². The topological polar surface area (TPSA) is 46.6 Å². The first-order valence-electron chi connectivity index (χ1n) is 9.91.